The van der Waals surface area contributed by atoms with Gasteiger partial charge in [0.05, 0.1) is 13.7 Å². The van der Waals surface area contributed by atoms with Crippen molar-refractivity contribution in [3.63, 3.8) is 0 Å². The van der Waals surface area contributed by atoms with Crippen molar-refractivity contribution in [1.82, 2.24) is 15.6 Å². The van der Waals surface area contributed by atoms with Crippen LogP contribution in [0.2, 0.25) is 0 Å². The summed E-state index contributed by atoms with van der Waals surface area (Å²) in [4.78, 5) is 7.67. The fourth-order valence-corrected chi connectivity index (χ4v) is 3.08. The Hall–Kier alpha value is -1.56. The van der Waals surface area contributed by atoms with Crippen molar-refractivity contribution in [2.75, 3.05) is 20.7 Å². The Labute approximate surface area is 177 Å². The number of para-hydroxylation sites is 1. The monoisotopic (exact) mass is 514 g/mol. The molecule has 0 spiro atoms. The molecule has 27 heavy (non-hydrogen) atoms. The van der Waals surface area contributed by atoms with Gasteiger partial charge in [-0.05, 0) is 11.6 Å². The van der Waals surface area contributed by atoms with Crippen LogP contribution in [0.15, 0.2) is 34.6 Å². The molecule has 10 heteroatoms. The summed E-state index contributed by atoms with van der Waals surface area (Å²) in [5, 5.41) is 7.49. The molecule has 0 fully saturated rings. The third-order valence-corrected chi connectivity index (χ3v) is 4.57. The van der Waals surface area contributed by atoms with E-state index in [2.05, 4.69) is 27.5 Å². The Balaban J connectivity index is 0.00000364. The number of alkyl halides is 3. The second-order valence-electron chi connectivity index (χ2n) is 5.57. The number of aromatic nitrogens is 1. The molecule has 2 N–H and O–H groups in total. The standard InChI is InChI=1S/C17H21F3N4OS.HI/c1-11(12-6-4-5-7-13(12)25-3)8-22-16(21-2)23-9-15-24-14(10-26-15)17(18,19)20;/h4-7,10-11H,8-9H2,1-3H3,(H2,21,22,23);1H. The van der Waals surface area contributed by atoms with E-state index in [4.69, 9.17) is 4.74 Å². The molecule has 0 saturated heterocycles. The molecule has 150 valence electrons. The molecule has 0 aliphatic carbocycles. The van der Waals surface area contributed by atoms with Crippen LogP contribution in [0.4, 0.5) is 13.2 Å². The maximum atomic E-state index is 12.6. The molecular weight excluding hydrogens is 492 g/mol. The number of thiazole rings is 1. The summed E-state index contributed by atoms with van der Waals surface area (Å²) in [6, 6.07) is 7.75. The van der Waals surface area contributed by atoms with E-state index in [0.29, 0.717) is 17.5 Å². The number of rotatable bonds is 6. The summed E-state index contributed by atoms with van der Waals surface area (Å²) < 4.78 is 43.1. The highest BCUT2D eigenvalue weighted by molar-refractivity contribution is 14.0. The van der Waals surface area contributed by atoms with E-state index in [1.54, 1.807) is 14.2 Å². The molecule has 0 radical (unpaired) electrons. The number of benzene rings is 1. The molecule has 0 bridgehead atoms. The number of ether oxygens (including phenoxy) is 1. The van der Waals surface area contributed by atoms with E-state index in [9.17, 15) is 13.2 Å². The van der Waals surface area contributed by atoms with Crippen LogP contribution >= 0.6 is 35.3 Å². The predicted molar refractivity (Wildman–Crippen MR) is 112 cm³/mol. The fourth-order valence-electron chi connectivity index (χ4n) is 2.34. The third-order valence-electron chi connectivity index (χ3n) is 3.72. The van der Waals surface area contributed by atoms with Gasteiger partial charge in [0, 0.05) is 24.9 Å². The molecule has 1 heterocycles. The van der Waals surface area contributed by atoms with Gasteiger partial charge in [-0.1, -0.05) is 25.1 Å². The molecule has 2 aromatic rings. The first-order valence-corrected chi connectivity index (χ1v) is 8.82. The normalized spacial score (nSPS) is 12.9. The van der Waals surface area contributed by atoms with Crippen molar-refractivity contribution in [1.29, 1.82) is 0 Å². The highest BCUT2D eigenvalue weighted by Crippen LogP contribution is 2.30. The average Bonchev–Trinajstić information content (AvgIpc) is 3.11. The molecule has 5 nitrogen and oxygen atoms in total. The molecule has 1 aromatic heterocycles. The first kappa shape index (κ1) is 23.5. The summed E-state index contributed by atoms with van der Waals surface area (Å²) in [6.45, 7) is 2.81. The Morgan fingerprint density at radius 1 is 1.30 bits per heavy atom. The van der Waals surface area contributed by atoms with Crippen molar-refractivity contribution < 1.29 is 17.9 Å². The van der Waals surface area contributed by atoms with Gasteiger partial charge in [0.2, 0.25) is 0 Å². The second kappa shape index (κ2) is 10.7. The smallest absolute Gasteiger partial charge is 0.434 e. The van der Waals surface area contributed by atoms with Crippen LogP contribution in [0.25, 0.3) is 0 Å². The van der Waals surface area contributed by atoms with Gasteiger partial charge in [-0.15, -0.1) is 35.3 Å². The molecular formula is C17H22F3IN4OS. The van der Waals surface area contributed by atoms with Gasteiger partial charge in [-0.2, -0.15) is 13.2 Å². The lowest BCUT2D eigenvalue weighted by molar-refractivity contribution is -0.140. The maximum Gasteiger partial charge on any atom is 0.434 e. The van der Waals surface area contributed by atoms with Crippen molar-refractivity contribution in [2.45, 2.75) is 25.6 Å². The highest BCUT2D eigenvalue weighted by Gasteiger charge is 2.33. The van der Waals surface area contributed by atoms with Crippen LogP contribution in [0.1, 0.15) is 29.1 Å². The molecule has 0 saturated carbocycles. The average molecular weight is 514 g/mol. The lowest BCUT2D eigenvalue weighted by atomic mass is 10.0. The lowest BCUT2D eigenvalue weighted by Gasteiger charge is -2.18. The minimum Gasteiger partial charge on any atom is -0.496 e. The van der Waals surface area contributed by atoms with Gasteiger partial charge in [-0.25, -0.2) is 4.98 Å². The Bertz CT molecular complexity index is 752. The van der Waals surface area contributed by atoms with E-state index in [1.165, 1.54) is 0 Å². The number of nitrogens with one attached hydrogen (secondary N) is 2. The van der Waals surface area contributed by atoms with Gasteiger partial charge < -0.3 is 15.4 Å². The summed E-state index contributed by atoms with van der Waals surface area (Å²) in [7, 11) is 3.23. The van der Waals surface area contributed by atoms with E-state index in [1.807, 2.05) is 24.3 Å². The number of nitrogens with zero attached hydrogens (tertiary/aromatic N) is 2. The quantitative estimate of drug-likeness (QED) is 0.344. The number of aliphatic imine (C=N–C) groups is 1. The fraction of sp³-hybridized carbons (Fsp3) is 0.412. The third kappa shape index (κ3) is 6.83. The van der Waals surface area contributed by atoms with E-state index in [0.717, 1.165) is 28.0 Å². The number of halogens is 4. The van der Waals surface area contributed by atoms with Gasteiger partial charge in [-0.3, -0.25) is 4.99 Å². The topological polar surface area (TPSA) is 58.5 Å². The summed E-state index contributed by atoms with van der Waals surface area (Å²) >= 11 is 0.962. The molecule has 2 rings (SSSR count). The van der Waals surface area contributed by atoms with Crippen LogP contribution in [0, 0.1) is 0 Å². The number of guanidine groups is 1. The number of hydrogen-bond acceptors (Lipinski definition) is 4. The van der Waals surface area contributed by atoms with Crippen molar-refractivity contribution in [3.8, 4) is 5.75 Å². The minimum atomic E-state index is -4.42. The van der Waals surface area contributed by atoms with Gasteiger partial charge in [0.15, 0.2) is 11.7 Å². The van der Waals surface area contributed by atoms with Gasteiger partial charge >= 0.3 is 6.18 Å². The van der Waals surface area contributed by atoms with E-state index < -0.39 is 11.9 Å². The van der Waals surface area contributed by atoms with Gasteiger partial charge in [0.1, 0.15) is 10.8 Å². The molecule has 1 unspecified atom stereocenters. The Morgan fingerprint density at radius 2 is 2.00 bits per heavy atom. The first-order chi connectivity index (χ1) is 12.3. The number of methoxy groups -OCH3 is 1. The predicted octanol–water partition coefficient (Wildman–Crippen LogP) is 4.26. The van der Waals surface area contributed by atoms with E-state index in [-0.39, 0.29) is 36.4 Å². The molecule has 0 aliphatic rings. The molecule has 0 aliphatic heterocycles. The summed E-state index contributed by atoms with van der Waals surface area (Å²) in [5.41, 5.74) is 0.194. The van der Waals surface area contributed by atoms with Crippen molar-refractivity contribution in [3.05, 3.63) is 45.9 Å². The van der Waals surface area contributed by atoms with Crippen LogP contribution < -0.4 is 15.4 Å². The van der Waals surface area contributed by atoms with Crippen LogP contribution in [-0.2, 0) is 12.7 Å². The Kier molecular flexibility index (Phi) is 9.30. The summed E-state index contributed by atoms with van der Waals surface area (Å²) in [5.74, 6) is 1.46. The van der Waals surface area contributed by atoms with Gasteiger partial charge in [0.25, 0.3) is 0 Å². The molecule has 1 atom stereocenters. The zero-order valence-corrected chi connectivity index (χ0v) is 18.3. The largest absolute Gasteiger partial charge is 0.496 e. The molecule has 0 amide bonds. The Morgan fingerprint density at radius 3 is 2.59 bits per heavy atom. The zero-order valence-electron chi connectivity index (χ0n) is 15.1. The first-order valence-electron chi connectivity index (χ1n) is 7.94. The minimum absolute atomic E-state index is 0. The van der Waals surface area contributed by atoms with Crippen molar-refractivity contribution in [2.24, 2.45) is 4.99 Å². The lowest BCUT2D eigenvalue weighted by Crippen LogP contribution is -2.38. The summed E-state index contributed by atoms with van der Waals surface area (Å²) in [6.07, 6.45) is -4.42. The SMILES string of the molecule is CN=C(NCc1nc(C(F)(F)F)cs1)NCC(C)c1ccccc1OC.I. The second-order valence-corrected chi connectivity index (χ2v) is 6.52. The van der Waals surface area contributed by atoms with Crippen LogP contribution in [0.5, 0.6) is 5.75 Å². The molecule has 1 aromatic carbocycles. The van der Waals surface area contributed by atoms with Crippen LogP contribution in [-0.4, -0.2) is 31.6 Å². The highest BCUT2D eigenvalue weighted by atomic mass is 127. The van der Waals surface area contributed by atoms with Crippen LogP contribution in [0.3, 0.4) is 0 Å². The van der Waals surface area contributed by atoms with E-state index >= 15 is 0 Å². The zero-order chi connectivity index (χ0) is 19.2. The maximum absolute atomic E-state index is 12.6. The number of hydrogen-bond donors (Lipinski definition) is 2. The van der Waals surface area contributed by atoms with Crippen molar-refractivity contribution >= 4 is 41.3 Å².